The van der Waals surface area contributed by atoms with E-state index >= 15 is 0 Å². The number of hydrogen-bond donors (Lipinski definition) is 2. The van der Waals surface area contributed by atoms with Crippen molar-refractivity contribution in [3.63, 3.8) is 0 Å². The molecule has 1 atom stereocenters. The molecule has 1 heterocycles. The molecule has 1 aromatic carbocycles. The number of piperidine rings is 1. The first kappa shape index (κ1) is 12.7. The molecule has 0 saturated carbocycles. The molecule has 17 heavy (non-hydrogen) atoms. The Kier molecular flexibility index (Phi) is 4.30. The van der Waals surface area contributed by atoms with Gasteiger partial charge in [-0.25, -0.2) is 0 Å². The summed E-state index contributed by atoms with van der Waals surface area (Å²) in [7, 11) is 0. The lowest BCUT2D eigenvalue weighted by atomic mass is 10.0. The van der Waals surface area contributed by atoms with Crippen molar-refractivity contribution in [3.8, 4) is 0 Å². The Hall–Kier alpha value is -0.730. The van der Waals surface area contributed by atoms with E-state index in [1.165, 1.54) is 30.4 Å². The molecule has 0 bridgehead atoms. The molecule has 0 radical (unpaired) electrons. The van der Waals surface area contributed by atoms with Gasteiger partial charge in [0.05, 0.1) is 10.7 Å². The van der Waals surface area contributed by atoms with Crippen LogP contribution in [-0.4, -0.2) is 19.1 Å². The second kappa shape index (κ2) is 5.74. The van der Waals surface area contributed by atoms with Crippen LogP contribution >= 0.6 is 11.6 Å². The van der Waals surface area contributed by atoms with E-state index in [4.69, 9.17) is 11.6 Å². The van der Waals surface area contributed by atoms with Crippen LogP contribution in [0.4, 0.5) is 5.69 Å². The van der Waals surface area contributed by atoms with Crippen molar-refractivity contribution >= 4 is 17.3 Å². The van der Waals surface area contributed by atoms with Crippen molar-refractivity contribution in [1.82, 2.24) is 5.32 Å². The van der Waals surface area contributed by atoms with E-state index in [1.54, 1.807) is 0 Å². The standard InChI is InChI=1S/C14H21ClN2/c1-10-7-11(2)14(13(15)8-10)17-9-12-5-3-4-6-16-12/h7-8,12,16-17H,3-6,9H2,1-2H3. The number of anilines is 1. The van der Waals surface area contributed by atoms with Crippen LogP contribution < -0.4 is 10.6 Å². The van der Waals surface area contributed by atoms with E-state index in [-0.39, 0.29) is 0 Å². The number of hydrogen-bond acceptors (Lipinski definition) is 2. The molecular formula is C14H21ClN2. The predicted octanol–water partition coefficient (Wildman–Crippen LogP) is 3.51. The fraction of sp³-hybridized carbons (Fsp3) is 0.571. The summed E-state index contributed by atoms with van der Waals surface area (Å²) in [6.45, 7) is 6.29. The monoisotopic (exact) mass is 252 g/mol. The largest absolute Gasteiger partial charge is 0.382 e. The predicted molar refractivity (Wildman–Crippen MR) is 75.1 cm³/mol. The summed E-state index contributed by atoms with van der Waals surface area (Å²) in [6, 6.07) is 4.77. The Bertz CT molecular complexity index is 361. The SMILES string of the molecule is Cc1cc(C)c(NCC2CCCCN2)c(Cl)c1. The molecule has 94 valence electrons. The lowest BCUT2D eigenvalue weighted by Gasteiger charge is -2.25. The lowest BCUT2D eigenvalue weighted by molar-refractivity contribution is 0.414. The van der Waals surface area contributed by atoms with Gasteiger partial charge in [-0.05, 0) is 50.4 Å². The van der Waals surface area contributed by atoms with Crippen LogP contribution in [0.2, 0.25) is 5.02 Å². The number of halogens is 1. The zero-order valence-corrected chi connectivity index (χ0v) is 11.4. The van der Waals surface area contributed by atoms with Gasteiger partial charge in [-0.3, -0.25) is 0 Å². The van der Waals surface area contributed by atoms with Gasteiger partial charge in [0.2, 0.25) is 0 Å². The molecule has 2 rings (SSSR count). The molecule has 0 aromatic heterocycles. The second-order valence-electron chi connectivity index (χ2n) is 4.97. The Labute approximate surface area is 109 Å². The first-order valence-electron chi connectivity index (χ1n) is 6.41. The van der Waals surface area contributed by atoms with E-state index in [1.807, 2.05) is 6.07 Å². The van der Waals surface area contributed by atoms with Crippen molar-refractivity contribution in [2.45, 2.75) is 39.2 Å². The molecule has 1 unspecified atom stereocenters. The summed E-state index contributed by atoms with van der Waals surface area (Å²) >= 11 is 6.27. The molecule has 1 fully saturated rings. The first-order valence-corrected chi connectivity index (χ1v) is 6.78. The highest BCUT2D eigenvalue weighted by molar-refractivity contribution is 6.33. The summed E-state index contributed by atoms with van der Waals surface area (Å²) in [5.74, 6) is 0. The number of aryl methyl sites for hydroxylation is 2. The molecule has 0 spiro atoms. The van der Waals surface area contributed by atoms with Gasteiger partial charge in [-0.15, -0.1) is 0 Å². The minimum Gasteiger partial charge on any atom is -0.382 e. The second-order valence-corrected chi connectivity index (χ2v) is 5.37. The maximum absolute atomic E-state index is 6.27. The summed E-state index contributed by atoms with van der Waals surface area (Å²) < 4.78 is 0. The number of nitrogens with one attached hydrogen (secondary N) is 2. The van der Waals surface area contributed by atoms with Crippen molar-refractivity contribution in [1.29, 1.82) is 0 Å². The molecule has 1 aliphatic rings. The minimum absolute atomic E-state index is 0.584. The molecule has 2 nitrogen and oxygen atoms in total. The Morgan fingerprint density at radius 1 is 1.35 bits per heavy atom. The molecule has 1 aliphatic heterocycles. The van der Waals surface area contributed by atoms with E-state index in [2.05, 4.69) is 30.5 Å². The van der Waals surface area contributed by atoms with Crippen molar-refractivity contribution in [2.24, 2.45) is 0 Å². The third-order valence-electron chi connectivity index (χ3n) is 3.37. The smallest absolute Gasteiger partial charge is 0.0642 e. The van der Waals surface area contributed by atoms with Gasteiger partial charge in [-0.1, -0.05) is 24.1 Å². The number of benzene rings is 1. The van der Waals surface area contributed by atoms with Crippen LogP contribution in [0.15, 0.2) is 12.1 Å². The highest BCUT2D eigenvalue weighted by atomic mass is 35.5. The van der Waals surface area contributed by atoms with Crippen LogP contribution in [0.5, 0.6) is 0 Å². The van der Waals surface area contributed by atoms with Crippen molar-refractivity contribution < 1.29 is 0 Å². The zero-order valence-electron chi connectivity index (χ0n) is 10.6. The summed E-state index contributed by atoms with van der Waals surface area (Å²) in [5.41, 5.74) is 3.53. The van der Waals surface area contributed by atoms with Crippen molar-refractivity contribution in [2.75, 3.05) is 18.4 Å². The van der Waals surface area contributed by atoms with Gasteiger partial charge >= 0.3 is 0 Å². The Balaban J connectivity index is 1.98. The first-order chi connectivity index (χ1) is 8.16. The van der Waals surface area contributed by atoms with Crippen LogP contribution in [0, 0.1) is 13.8 Å². The third kappa shape index (κ3) is 3.36. The van der Waals surface area contributed by atoms with E-state index < -0.39 is 0 Å². The van der Waals surface area contributed by atoms with E-state index in [0.29, 0.717) is 6.04 Å². The topological polar surface area (TPSA) is 24.1 Å². The Morgan fingerprint density at radius 3 is 2.82 bits per heavy atom. The molecule has 0 aliphatic carbocycles. The van der Waals surface area contributed by atoms with Crippen LogP contribution in [0.1, 0.15) is 30.4 Å². The molecule has 2 N–H and O–H groups in total. The summed E-state index contributed by atoms with van der Waals surface area (Å²) in [5, 5.41) is 7.85. The fourth-order valence-electron chi connectivity index (χ4n) is 2.46. The summed E-state index contributed by atoms with van der Waals surface area (Å²) in [6.07, 6.45) is 3.90. The maximum Gasteiger partial charge on any atom is 0.0642 e. The van der Waals surface area contributed by atoms with Crippen LogP contribution in [-0.2, 0) is 0 Å². The zero-order chi connectivity index (χ0) is 12.3. The fourth-order valence-corrected chi connectivity index (χ4v) is 2.85. The third-order valence-corrected chi connectivity index (χ3v) is 3.67. The van der Waals surface area contributed by atoms with Crippen LogP contribution in [0.3, 0.4) is 0 Å². The summed E-state index contributed by atoms with van der Waals surface area (Å²) in [4.78, 5) is 0. The van der Waals surface area contributed by atoms with Gasteiger partial charge in [0.15, 0.2) is 0 Å². The average Bonchev–Trinajstić information content (AvgIpc) is 2.29. The molecule has 1 aromatic rings. The molecular weight excluding hydrogens is 232 g/mol. The van der Waals surface area contributed by atoms with Gasteiger partial charge in [0.1, 0.15) is 0 Å². The lowest BCUT2D eigenvalue weighted by Crippen LogP contribution is -2.39. The van der Waals surface area contributed by atoms with Gasteiger partial charge in [-0.2, -0.15) is 0 Å². The van der Waals surface area contributed by atoms with Gasteiger partial charge in [0, 0.05) is 12.6 Å². The van der Waals surface area contributed by atoms with Crippen LogP contribution in [0.25, 0.3) is 0 Å². The quantitative estimate of drug-likeness (QED) is 0.860. The molecule has 0 amide bonds. The van der Waals surface area contributed by atoms with E-state index in [9.17, 15) is 0 Å². The van der Waals surface area contributed by atoms with Crippen molar-refractivity contribution in [3.05, 3.63) is 28.3 Å². The van der Waals surface area contributed by atoms with Gasteiger partial charge in [0.25, 0.3) is 0 Å². The normalized spacial score (nSPS) is 20.3. The number of rotatable bonds is 3. The highest BCUT2D eigenvalue weighted by Gasteiger charge is 2.13. The maximum atomic E-state index is 6.27. The van der Waals surface area contributed by atoms with E-state index in [0.717, 1.165) is 23.8 Å². The molecule has 1 saturated heterocycles. The average molecular weight is 253 g/mol. The minimum atomic E-state index is 0.584. The highest BCUT2D eigenvalue weighted by Crippen LogP contribution is 2.27. The van der Waals surface area contributed by atoms with Gasteiger partial charge < -0.3 is 10.6 Å². The molecule has 3 heteroatoms. The Morgan fingerprint density at radius 2 is 2.18 bits per heavy atom.